The first-order chi connectivity index (χ1) is 16.0. The van der Waals surface area contributed by atoms with Gasteiger partial charge in [0.15, 0.2) is 23.5 Å². The van der Waals surface area contributed by atoms with Gasteiger partial charge in [0.05, 0.1) is 25.2 Å². The maximum absolute atomic E-state index is 13.3. The van der Waals surface area contributed by atoms with Crippen LogP contribution in [0.5, 0.6) is 0 Å². The van der Waals surface area contributed by atoms with Gasteiger partial charge in [-0.2, -0.15) is 0 Å². The van der Waals surface area contributed by atoms with E-state index in [0.717, 1.165) is 10.1 Å². The van der Waals surface area contributed by atoms with Crippen molar-refractivity contribution in [1.82, 2.24) is 23.8 Å². The Kier molecular flexibility index (Phi) is 6.50. The third-order valence-electron chi connectivity index (χ3n) is 5.04. The van der Waals surface area contributed by atoms with Crippen molar-refractivity contribution in [3.05, 3.63) is 80.6 Å². The Morgan fingerprint density at radius 2 is 1.94 bits per heavy atom. The lowest BCUT2D eigenvalue weighted by atomic mass is 10.2. The molecule has 172 valence electrons. The first-order valence-electron chi connectivity index (χ1n) is 10.3. The average Bonchev–Trinajstić information content (AvgIpc) is 3.43. The largest absolute Gasteiger partial charge is 0.456 e. The molecule has 0 bridgehead atoms. The summed E-state index contributed by atoms with van der Waals surface area (Å²) < 4.78 is 19.2. The van der Waals surface area contributed by atoms with E-state index in [0.29, 0.717) is 24.6 Å². The number of rotatable bonds is 9. The van der Waals surface area contributed by atoms with Gasteiger partial charge < -0.3 is 18.6 Å². The maximum atomic E-state index is 13.3. The number of ether oxygens (including phenoxy) is 2. The lowest BCUT2D eigenvalue weighted by Crippen LogP contribution is -2.42. The molecule has 0 aliphatic rings. The predicted octanol–water partition coefficient (Wildman–Crippen LogP) is 1.09. The highest BCUT2D eigenvalue weighted by Crippen LogP contribution is 2.10. The van der Waals surface area contributed by atoms with Crippen molar-refractivity contribution in [3.63, 3.8) is 0 Å². The van der Waals surface area contributed by atoms with E-state index in [1.54, 1.807) is 24.7 Å². The van der Waals surface area contributed by atoms with E-state index in [1.807, 2.05) is 30.3 Å². The predicted molar refractivity (Wildman–Crippen MR) is 117 cm³/mol. The van der Waals surface area contributed by atoms with Crippen LogP contribution < -0.4 is 11.2 Å². The van der Waals surface area contributed by atoms with E-state index in [9.17, 15) is 14.4 Å². The molecule has 0 unspecified atom stereocenters. The summed E-state index contributed by atoms with van der Waals surface area (Å²) in [5, 5.41) is 3.73. The summed E-state index contributed by atoms with van der Waals surface area (Å²) in [7, 11) is 1.55. The van der Waals surface area contributed by atoms with Crippen molar-refractivity contribution >= 4 is 17.1 Å². The molecule has 33 heavy (non-hydrogen) atoms. The number of methoxy groups -OCH3 is 1. The Morgan fingerprint density at radius 3 is 2.64 bits per heavy atom. The summed E-state index contributed by atoms with van der Waals surface area (Å²) in [5.41, 5.74) is 0.672. The summed E-state index contributed by atoms with van der Waals surface area (Å²) in [6.07, 6.45) is 1.49. The van der Waals surface area contributed by atoms with Crippen LogP contribution in [-0.2, 0) is 40.5 Å². The first-order valence-corrected chi connectivity index (χ1v) is 10.3. The van der Waals surface area contributed by atoms with Gasteiger partial charge in [0.2, 0.25) is 0 Å². The third-order valence-corrected chi connectivity index (χ3v) is 5.04. The summed E-state index contributed by atoms with van der Waals surface area (Å²) in [4.78, 5) is 43.3. The second-order valence-electron chi connectivity index (χ2n) is 7.44. The van der Waals surface area contributed by atoms with Gasteiger partial charge in [-0.15, -0.1) is 0 Å². The van der Waals surface area contributed by atoms with Crippen LogP contribution in [0.3, 0.4) is 0 Å². The van der Waals surface area contributed by atoms with E-state index in [2.05, 4.69) is 10.1 Å². The van der Waals surface area contributed by atoms with Gasteiger partial charge >= 0.3 is 11.7 Å². The number of esters is 1. The molecule has 3 heterocycles. The van der Waals surface area contributed by atoms with Crippen molar-refractivity contribution in [3.8, 4) is 0 Å². The van der Waals surface area contributed by atoms with Crippen molar-refractivity contribution < 1.29 is 18.8 Å². The molecular weight excluding hydrogens is 430 g/mol. The topological polar surface area (TPSA) is 123 Å². The first kappa shape index (κ1) is 22.2. The van der Waals surface area contributed by atoms with E-state index in [-0.39, 0.29) is 24.3 Å². The van der Waals surface area contributed by atoms with Crippen LogP contribution in [0.1, 0.15) is 17.0 Å². The van der Waals surface area contributed by atoms with Gasteiger partial charge in [0.25, 0.3) is 5.56 Å². The molecule has 0 spiro atoms. The Labute approximate surface area is 187 Å². The number of hydrogen-bond acceptors (Lipinski definition) is 8. The zero-order valence-electron chi connectivity index (χ0n) is 18.3. The minimum absolute atomic E-state index is 0.152. The highest BCUT2D eigenvalue weighted by Gasteiger charge is 2.20. The number of hydrogen-bond donors (Lipinski definition) is 0. The van der Waals surface area contributed by atoms with Crippen LogP contribution in [0.15, 0.2) is 56.8 Å². The molecule has 0 N–H and O–H groups in total. The zero-order chi connectivity index (χ0) is 23.4. The van der Waals surface area contributed by atoms with Gasteiger partial charge in [-0.25, -0.2) is 14.3 Å². The van der Waals surface area contributed by atoms with Gasteiger partial charge in [0.1, 0.15) is 6.54 Å². The van der Waals surface area contributed by atoms with Crippen LogP contribution in [0, 0.1) is 6.92 Å². The number of benzene rings is 1. The summed E-state index contributed by atoms with van der Waals surface area (Å²) >= 11 is 0. The molecule has 0 amide bonds. The number of imidazole rings is 1. The number of aryl methyl sites for hydroxylation is 1. The Bertz CT molecular complexity index is 1380. The number of nitrogens with zero attached hydrogens (tertiary/aromatic N) is 5. The number of carbonyl (C=O) groups excluding carboxylic acids is 1. The van der Waals surface area contributed by atoms with Crippen LogP contribution >= 0.6 is 0 Å². The van der Waals surface area contributed by atoms with Crippen molar-refractivity contribution in [2.45, 2.75) is 33.2 Å². The van der Waals surface area contributed by atoms with Gasteiger partial charge in [-0.1, -0.05) is 35.5 Å². The van der Waals surface area contributed by atoms with Crippen molar-refractivity contribution in [2.75, 3.05) is 13.7 Å². The van der Waals surface area contributed by atoms with Crippen LogP contribution in [0.2, 0.25) is 0 Å². The Balaban J connectivity index is 1.71. The maximum Gasteiger partial charge on any atom is 0.333 e. The van der Waals surface area contributed by atoms with Gasteiger partial charge in [-0.05, 0) is 12.5 Å². The molecule has 11 nitrogen and oxygen atoms in total. The number of fused-ring (bicyclic) bond motifs is 1. The standard InChI is InChI=1S/C22H23N5O6/c1-15-10-17(33-24-15)13-32-18(28)12-27-21(29)19-20(23-14-25(19)8-9-31-2)26(22(27)30)11-16-6-4-3-5-7-16/h3-7,10,14H,8-9,11-13H2,1-2H3. The molecule has 0 fully saturated rings. The summed E-state index contributed by atoms with van der Waals surface area (Å²) in [6.45, 7) is 1.93. The molecule has 11 heteroatoms. The normalized spacial score (nSPS) is 11.2. The molecule has 0 saturated carbocycles. The molecule has 4 rings (SSSR count). The van der Waals surface area contributed by atoms with Gasteiger partial charge in [0, 0.05) is 19.7 Å². The quantitative estimate of drug-likeness (QED) is 0.345. The molecule has 4 aromatic rings. The molecule has 0 atom stereocenters. The van der Waals surface area contributed by atoms with Crippen LogP contribution in [0.4, 0.5) is 0 Å². The molecule has 3 aromatic heterocycles. The molecular formula is C22H23N5O6. The van der Waals surface area contributed by atoms with E-state index in [4.69, 9.17) is 14.0 Å². The highest BCUT2D eigenvalue weighted by molar-refractivity contribution is 5.72. The molecule has 0 saturated heterocycles. The number of aromatic nitrogens is 5. The molecule has 0 radical (unpaired) electrons. The highest BCUT2D eigenvalue weighted by atomic mass is 16.5. The van der Waals surface area contributed by atoms with E-state index < -0.39 is 23.8 Å². The van der Waals surface area contributed by atoms with Crippen LogP contribution in [0.25, 0.3) is 11.2 Å². The minimum atomic E-state index is -0.753. The SMILES string of the molecule is COCCn1cnc2c1c(=O)n(CC(=O)OCc1cc(C)no1)c(=O)n2Cc1ccccc1. The number of carbonyl (C=O) groups is 1. The summed E-state index contributed by atoms with van der Waals surface area (Å²) in [6, 6.07) is 10.9. The van der Waals surface area contributed by atoms with Crippen molar-refractivity contribution in [1.29, 1.82) is 0 Å². The van der Waals surface area contributed by atoms with E-state index in [1.165, 1.54) is 10.9 Å². The second kappa shape index (κ2) is 9.65. The smallest absolute Gasteiger partial charge is 0.333 e. The minimum Gasteiger partial charge on any atom is -0.456 e. The molecule has 0 aliphatic carbocycles. The summed E-state index contributed by atoms with van der Waals surface area (Å²) in [5.74, 6) is -0.389. The fraction of sp³-hybridized carbons (Fsp3) is 0.318. The average molecular weight is 453 g/mol. The fourth-order valence-electron chi connectivity index (χ4n) is 3.46. The van der Waals surface area contributed by atoms with Crippen LogP contribution in [-0.4, -0.2) is 43.5 Å². The zero-order valence-corrected chi connectivity index (χ0v) is 18.3. The monoisotopic (exact) mass is 453 g/mol. The third kappa shape index (κ3) is 4.77. The van der Waals surface area contributed by atoms with E-state index >= 15 is 0 Å². The molecule has 0 aliphatic heterocycles. The van der Waals surface area contributed by atoms with Gasteiger partial charge in [-0.3, -0.25) is 14.2 Å². The lowest BCUT2D eigenvalue weighted by molar-refractivity contribution is -0.146. The fourth-order valence-corrected chi connectivity index (χ4v) is 3.46. The van der Waals surface area contributed by atoms with Crippen molar-refractivity contribution in [2.24, 2.45) is 0 Å². The second-order valence-corrected chi connectivity index (χ2v) is 7.44. The Hall–Kier alpha value is -3.99. The Morgan fingerprint density at radius 1 is 1.15 bits per heavy atom. The lowest BCUT2D eigenvalue weighted by Gasteiger charge is -2.12. The molecule has 1 aromatic carbocycles.